The minimum atomic E-state index is -1.20. The molecule has 6 atom stereocenters. The van der Waals surface area contributed by atoms with E-state index in [9.17, 15) is 19.8 Å². The van der Waals surface area contributed by atoms with Crippen LogP contribution in [0.15, 0.2) is 46.1 Å². The minimum absolute atomic E-state index is 0.109. The number of carbonyl (C=O) groups excluding carboxylic acids is 2. The van der Waals surface area contributed by atoms with Crippen LogP contribution >= 0.6 is 0 Å². The minimum Gasteiger partial charge on any atom is -0.466 e. The SMILES string of the molecule is CCCCCCCCCCCCCC(=O)OCCCC1C(=C(C)C=O)CCC(C)(O)C12CC(C=C(C)C=CC1=C(C)CCC(C)C1(C)C)OC2O. The first kappa shape index (κ1) is 43.4. The zero-order valence-electron chi connectivity index (χ0n) is 33.8. The van der Waals surface area contributed by atoms with Crippen LogP contribution in [0.5, 0.6) is 0 Å². The third-order valence-electron chi connectivity index (χ3n) is 13.1. The molecule has 0 aromatic carbocycles. The second-order valence-electron chi connectivity index (χ2n) is 17.2. The van der Waals surface area contributed by atoms with E-state index in [-0.39, 0.29) is 30.0 Å². The molecular weight excluding hydrogens is 636 g/mol. The normalized spacial score (nSPS) is 30.7. The molecule has 290 valence electrons. The summed E-state index contributed by atoms with van der Waals surface area (Å²) in [6.45, 7) is 17.5. The van der Waals surface area contributed by atoms with Gasteiger partial charge in [0.1, 0.15) is 6.29 Å². The summed E-state index contributed by atoms with van der Waals surface area (Å²) in [5.41, 5.74) is 3.44. The van der Waals surface area contributed by atoms with Crippen molar-refractivity contribution < 1.29 is 29.3 Å². The number of hydrogen-bond acceptors (Lipinski definition) is 6. The highest BCUT2D eigenvalue weighted by Gasteiger charge is 2.64. The van der Waals surface area contributed by atoms with Gasteiger partial charge in [0.15, 0.2) is 6.29 Å². The van der Waals surface area contributed by atoms with Crippen molar-refractivity contribution in [3.8, 4) is 0 Å². The summed E-state index contributed by atoms with van der Waals surface area (Å²) >= 11 is 0. The molecule has 51 heavy (non-hydrogen) atoms. The lowest BCUT2D eigenvalue weighted by atomic mass is 9.53. The van der Waals surface area contributed by atoms with E-state index in [0.29, 0.717) is 50.0 Å². The lowest BCUT2D eigenvalue weighted by Crippen LogP contribution is -2.58. The van der Waals surface area contributed by atoms with Gasteiger partial charge < -0.3 is 19.7 Å². The zero-order valence-corrected chi connectivity index (χ0v) is 33.8. The molecule has 6 heteroatoms. The lowest BCUT2D eigenvalue weighted by molar-refractivity contribution is -0.219. The molecule has 6 nitrogen and oxygen atoms in total. The number of aliphatic hydroxyl groups is 2. The molecule has 1 saturated heterocycles. The Morgan fingerprint density at radius 1 is 0.961 bits per heavy atom. The van der Waals surface area contributed by atoms with E-state index in [2.05, 4.69) is 59.8 Å². The van der Waals surface area contributed by atoms with E-state index >= 15 is 0 Å². The van der Waals surface area contributed by atoms with Crippen LogP contribution in [0.3, 0.4) is 0 Å². The maximum atomic E-state index is 12.6. The molecule has 2 fully saturated rings. The maximum absolute atomic E-state index is 12.6. The van der Waals surface area contributed by atoms with E-state index in [1.54, 1.807) is 0 Å². The van der Waals surface area contributed by atoms with Gasteiger partial charge in [0.2, 0.25) is 0 Å². The Hall–Kier alpha value is -2.02. The molecule has 0 radical (unpaired) electrons. The lowest BCUT2D eigenvalue weighted by Gasteiger charge is -2.54. The number of aldehydes is 1. The van der Waals surface area contributed by atoms with Gasteiger partial charge >= 0.3 is 5.97 Å². The highest BCUT2D eigenvalue weighted by molar-refractivity contribution is 5.74. The number of carbonyl (C=O) groups is 2. The standard InChI is InChI=1S/C45H74O6/c1-9-10-11-12-13-14-15-16-17-18-19-22-41(47)50-29-20-21-40-38(35(4)32-46)27-28-44(8,49)45(40)31-37(51-42(45)48)30-33(2)23-26-39-34(3)24-25-36(5)43(39,6)7/h23,26,30,32,36-37,40,42,48-49H,9-22,24-25,27-29,31H2,1-8H3. The predicted molar refractivity (Wildman–Crippen MR) is 209 cm³/mol. The van der Waals surface area contributed by atoms with E-state index in [4.69, 9.17) is 9.47 Å². The monoisotopic (exact) mass is 711 g/mol. The van der Waals surface area contributed by atoms with Gasteiger partial charge in [-0.05, 0) is 107 Å². The molecule has 6 unspecified atom stereocenters. The molecule has 1 aliphatic heterocycles. The number of hydrogen-bond donors (Lipinski definition) is 2. The summed E-state index contributed by atoms with van der Waals surface area (Å²) in [5.74, 6) is 0.170. The molecule has 0 aromatic heterocycles. The van der Waals surface area contributed by atoms with Crippen LogP contribution in [0.25, 0.3) is 0 Å². The molecule has 1 saturated carbocycles. The van der Waals surface area contributed by atoms with Gasteiger partial charge in [-0.15, -0.1) is 0 Å². The Morgan fingerprint density at radius 2 is 1.59 bits per heavy atom. The van der Waals surface area contributed by atoms with Crippen LogP contribution in [-0.2, 0) is 19.1 Å². The summed E-state index contributed by atoms with van der Waals surface area (Å²) in [7, 11) is 0. The highest BCUT2D eigenvalue weighted by atomic mass is 16.6. The van der Waals surface area contributed by atoms with Gasteiger partial charge in [-0.1, -0.05) is 127 Å². The van der Waals surface area contributed by atoms with Gasteiger partial charge in [-0.3, -0.25) is 9.59 Å². The number of allylic oxidation sites excluding steroid dienone is 7. The van der Waals surface area contributed by atoms with Crippen LogP contribution in [0.4, 0.5) is 0 Å². The van der Waals surface area contributed by atoms with Crippen LogP contribution in [0, 0.1) is 22.7 Å². The Labute approximate surface area is 311 Å². The second kappa shape index (κ2) is 20.4. The van der Waals surface area contributed by atoms with Crippen molar-refractivity contribution in [3.05, 3.63) is 46.1 Å². The highest BCUT2D eigenvalue weighted by Crippen LogP contribution is 2.60. The third-order valence-corrected chi connectivity index (χ3v) is 13.1. The van der Waals surface area contributed by atoms with Crippen LogP contribution < -0.4 is 0 Å². The van der Waals surface area contributed by atoms with Gasteiger partial charge in [-0.2, -0.15) is 0 Å². The molecule has 0 bridgehead atoms. The van der Waals surface area contributed by atoms with Crippen molar-refractivity contribution in [3.63, 3.8) is 0 Å². The fraction of sp³-hybridized carbons (Fsp3) is 0.778. The van der Waals surface area contributed by atoms with E-state index < -0.39 is 17.3 Å². The predicted octanol–water partition coefficient (Wildman–Crippen LogP) is 11.1. The maximum Gasteiger partial charge on any atom is 0.305 e. The molecule has 1 heterocycles. The summed E-state index contributed by atoms with van der Waals surface area (Å²) < 4.78 is 11.9. The Kier molecular flexibility index (Phi) is 17.4. The van der Waals surface area contributed by atoms with Crippen molar-refractivity contribution in [1.82, 2.24) is 0 Å². The largest absolute Gasteiger partial charge is 0.466 e. The first-order valence-electron chi connectivity index (χ1n) is 20.6. The summed E-state index contributed by atoms with van der Waals surface area (Å²) in [5, 5.41) is 23.7. The molecule has 3 aliphatic rings. The molecule has 0 amide bonds. The van der Waals surface area contributed by atoms with Crippen molar-refractivity contribution in [2.75, 3.05) is 6.61 Å². The van der Waals surface area contributed by atoms with Gasteiger partial charge in [0.05, 0.1) is 23.7 Å². The number of esters is 1. The van der Waals surface area contributed by atoms with Crippen LogP contribution in [-0.4, -0.2) is 47.1 Å². The first-order valence-corrected chi connectivity index (χ1v) is 20.6. The Balaban J connectivity index is 1.60. The topological polar surface area (TPSA) is 93.1 Å². The van der Waals surface area contributed by atoms with Crippen LogP contribution in [0.1, 0.15) is 177 Å². The van der Waals surface area contributed by atoms with E-state index in [1.807, 2.05) is 13.8 Å². The van der Waals surface area contributed by atoms with Gasteiger partial charge in [0.25, 0.3) is 0 Å². The van der Waals surface area contributed by atoms with Gasteiger partial charge in [0, 0.05) is 6.42 Å². The van der Waals surface area contributed by atoms with E-state index in [1.165, 1.54) is 75.4 Å². The summed E-state index contributed by atoms with van der Waals surface area (Å²) in [6.07, 6.45) is 24.8. The average molecular weight is 711 g/mol. The van der Waals surface area contributed by atoms with Crippen molar-refractivity contribution in [2.45, 2.75) is 195 Å². The third kappa shape index (κ3) is 11.5. The number of aliphatic hydroxyl groups excluding tert-OH is 1. The summed E-state index contributed by atoms with van der Waals surface area (Å²) in [4.78, 5) is 24.6. The fourth-order valence-electron chi connectivity index (χ4n) is 9.26. The second-order valence-corrected chi connectivity index (χ2v) is 17.2. The van der Waals surface area contributed by atoms with Crippen molar-refractivity contribution >= 4 is 12.3 Å². The Morgan fingerprint density at radius 3 is 2.22 bits per heavy atom. The molecule has 1 spiro atoms. The molecule has 2 aliphatic carbocycles. The van der Waals surface area contributed by atoms with Crippen molar-refractivity contribution in [1.29, 1.82) is 0 Å². The number of unbranched alkanes of at least 4 members (excludes halogenated alkanes) is 10. The fourth-order valence-corrected chi connectivity index (χ4v) is 9.26. The smallest absolute Gasteiger partial charge is 0.305 e. The molecule has 3 rings (SSSR count). The summed E-state index contributed by atoms with van der Waals surface area (Å²) in [6, 6.07) is 0. The van der Waals surface area contributed by atoms with Crippen molar-refractivity contribution in [2.24, 2.45) is 22.7 Å². The average Bonchev–Trinajstić information content (AvgIpc) is 3.41. The molecule has 2 N–H and O–H groups in total. The molecular formula is C45H74O6. The first-order chi connectivity index (χ1) is 24.2. The van der Waals surface area contributed by atoms with Crippen LogP contribution in [0.2, 0.25) is 0 Å². The Bertz CT molecular complexity index is 1250. The van der Waals surface area contributed by atoms with E-state index in [0.717, 1.165) is 36.7 Å². The number of rotatable bonds is 20. The van der Waals surface area contributed by atoms with Gasteiger partial charge in [-0.25, -0.2) is 0 Å². The quantitative estimate of drug-likeness (QED) is 0.0429. The zero-order chi connectivity index (χ0) is 37.7. The molecule has 0 aromatic rings. The number of ether oxygens (including phenoxy) is 2.